The summed E-state index contributed by atoms with van der Waals surface area (Å²) in [6.45, 7) is 7.05. The Morgan fingerprint density at radius 3 is 2.72 bits per heavy atom. The van der Waals surface area contributed by atoms with Gasteiger partial charge in [0.05, 0.1) is 12.2 Å². The molecule has 2 N–H and O–H groups in total. The normalized spacial score (nSPS) is 16.6. The third-order valence-electron chi connectivity index (χ3n) is 2.97. The zero-order valence-electron chi connectivity index (χ0n) is 11.3. The molecule has 0 aromatic carbocycles. The van der Waals surface area contributed by atoms with Gasteiger partial charge in [0.1, 0.15) is 17.7 Å². The van der Waals surface area contributed by atoms with E-state index in [0.717, 1.165) is 24.2 Å². The minimum atomic E-state index is -0.0370. The summed E-state index contributed by atoms with van der Waals surface area (Å²) in [5.41, 5.74) is 6.71. The Morgan fingerprint density at radius 2 is 2.11 bits per heavy atom. The van der Waals surface area contributed by atoms with Crippen LogP contribution >= 0.6 is 0 Å². The van der Waals surface area contributed by atoms with Crippen molar-refractivity contribution in [3.63, 3.8) is 0 Å². The van der Waals surface area contributed by atoms with Crippen molar-refractivity contribution >= 4 is 5.82 Å². The Bertz CT molecular complexity index is 419. The van der Waals surface area contributed by atoms with Gasteiger partial charge in [-0.25, -0.2) is 4.98 Å². The van der Waals surface area contributed by atoms with Gasteiger partial charge in [0.25, 0.3) is 0 Å². The van der Waals surface area contributed by atoms with Crippen LogP contribution in [-0.2, 0) is 4.74 Å². The molecule has 1 fully saturated rings. The molecule has 1 atom stereocenters. The Hall–Kier alpha value is -1.36. The topological polar surface area (TPSA) is 70.3 Å². The van der Waals surface area contributed by atoms with Crippen molar-refractivity contribution in [3.05, 3.63) is 11.4 Å². The van der Waals surface area contributed by atoms with E-state index < -0.39 is 0 Å². The Kier molecular flexibility index (Phi) is 4.01. The molecule has 1 unspecified atom stereocenters. The van der Waals surface area contributed by atoms with Crippen LogP contribution in [0, 0.1) is 6.92 Å². The third kappa shape index (κ3) is 3.10. The van der Waals surface area contributed by atoms with Gasteiger partial charge in [0.2, 0.25) is 5.88 Å². The summed E-state index contributed by atoms with van der Waals surface area (Å²) < 4.78 is 11.1. The number of nitrogens with two attached hydrogens (primary N) is 1. The molecular weight excluding hydrogens is 230 g/mol. The summed E-state index contributed by atoms with van der Waals surface area (Å²) in [6.07, 6.45) is 2.26. The van der Waals surface area contributed by atoms with Crippen molar-refractivity contribution < 1.29 is 9.47 Å². The van der Waals surface area contributed by atoms with Crippen LogP contribution in [0.15, 0.2) is 0 Å². The number of anilines is 1. The molecule has 0 radical (unpaired) electrons. The van der Waals surface area contributed by atoms with Gasteiger partial charge >= 0.3 is 0 Å². The third-order valence-corrected chi connectivity index (χ3v) is 2.97. The van der Waals surface area contributed by atoms with Gasteiger partial charge in [-0.1, -0.05) is 0 Å². The van der Waals surface area contributed by atoms with E-state index in [1.807, 2.05) is 20.8 Å². The summed E-state index contributed by atoms with van der Waals surface area (Å²) in [6, 6.07) is 0. The smallest absolute Gasteiger partial charge is 0.222 e. The maximum absolute atomic E-state index is 5.90. The number of hydrogen-bond acceptors (Lipinski definition) is 5. The summed E-state index contributed by atoms with van der Waals surface area (Å²) >= 11 is 0. The Balaban J connectivity index is 2.10. The van der Waals surface area contributed by atoms with Gasteiger partial charge in [-0.05, 0) is 33.6 Å². The fraction of sp³-hybridized carbons (Fsp3) is 0.692. The van der Waals surface area contributed by atoms with E-state index in [2.05, 4.69) is 9.97 Å². The van der Waals surface area contributed by atoms with E-state index in [1.54, 1.807) is 0 Å². The van der Waals surface area contributed by atoms with Crippen LogP contribution in [0.1, 0.15) is 44.0 Å². The molecule has 0 aliphatic heterocycles. The molecule has 18 heavy (non-hydrogen) atoms. The maximum Gasteiger partial charge on any atom is 0.222 e. The highest BCUT2D eigenvalue weighted by Crippen LogP contribution is 2.39. The zero-order valence-corrected chi connectivity index (χ0v) is 11.3. The van der Waals surface area contributed by atoms with Gasteiger partial charge < -0.3 is 15.2 Å². The fourth-order valence-electron chi connectivity index (χ4n) is 1.68. The van der Waals surface area contributed by atoms with Crippen molar-refractivity contribution in [1.29, 1.82) is 0 Å². The first-order chi connectivity index (χ1) is 8.61. The molecule has 5 nitrogen and oxygen atoms in total. The van der Waals surface area contributed by atoms with Crippen molar-refractivity contribution in [1.82, 2.24) is 9.97 Å². The predicted molar refractivity (Wildman–Crippen MR) is 69.7 cm³/mol. The van der Waals surface area contributed by atoms with Crippen LogP contribution in [0.5, 0.6) is 5.88 Å². The highest BCUT2D eigenvalue weighted by molar-refractivity contribution is 5.45. The number of hydrogen-bond donors (Lipinski definition) is 1. The van der Waals surface area contributed by atoms with Gasteiger partial charge in [-0.2, -0.15) is 4.98 Å². The van der Waals surface area contributed by atoms with Crippen LogP contribution in [0.3, 0.4) is 0 Å². The zero-order chi connectivity index (χ0) is 13.1. The molecule has 5 heteroatoms. The van der Waals surface area contributed by atoms with Crippen molar-refractivity contribution in [2.45, 2.75) is 45.6 Å². The molecule has 1 saturated carbocycles. The van der Waals surface area contributed by atoms with Crippen LogP contribution in [0.4, 0.5) is 5.82 Å². The predicted octanol–water partition coefficient (Wildman–Crippen LogP) is 2.05. The first kappa shape index (κ1) is 13.1. The van der Waals surface area contributed by atoms with E-state index >= 15 is 0 Å². The number of ether oxygens (including phenoxy) is 2. The SMILES string of the molecule is CCOCC(C)Oc1nc(C2CC2)nc(N)c1C. The standard InChI is InChI=1S/C13H21N3O2/c1-4-17-7-8(2)18-13-9(3)11(14)15-12(16-13)10-5-6-10/h8,10H,4-7H2,1-3H3,(H2,14,15,16). The highest BCUT2D eigenvalue weighted by atomic mass is 16.5. The van der Waals surface area contributed by atoms with Gasteiger partial charge in [0, 0.05) is 12.5 Å². The second-order valence-electron chi connectivity index (χ2n) is 4.76. The summed E-state index contributed by atoms with van der Waals surface area (Å²) in [7, 11) is 0. The van der Waals surface area contributed by atoms with E-state index in [0.29, 0.717) is 30.8 Å². The molecule has 1 heterocycles. The number of nitrogens with zero attached hydrogens (tertiary/aromatic N) is 2. The second-order valence-corrected chi connectivity index (χ2v) is 4.76. The quantitative estimate of drug-likeness (QED) is 0.837. The molecule has 0 bridgehead atoms. The Labute approximate surface area is 108 Å². The van der Waals surface area contributed by atoms with Gasteiger partial charge in [0.15, 0.2) is 0 Å². The lowest BCUT2D eigenvalue weighted by atomic mass is 10.3. The molecule has 1 aliphatic rings. The average molecular weight is 251 g/mol. The molecule has 1 aromatic rings. The van der Waals surface area contributed by atoms with Gasteiger partial charge in [-0.3, -0.25) is 0 Å². The molecule has 1 aromatic heterocycles. The van der Waals surface area contributed by atoms with Gasteiger partial charge in [-0.15, -0.1) is 0 Å². The average Bonchev–Trinajstić information content (AvgIpc) is 3.16. The summed E-state index contributed by atoms with van der Waals surface area (Å²) in [5, 5.41) is 0. The molecule has 0 spiro atoms. The fourth-order valence-corrected chi connectivity index (χ4v) is 1.68. The van der Waals surface area contributed by atoms with Crippen LogP contribution in [-0.4, -0.2) is 29.3 Å². The largest absolute Gasteiger partial charge is 0.472 e. The van der Waals surface area contributed by atoms with E-state index in [9.17, 15) is 0 Å². The van der Waals surface area contributed by atoms with Crippen LogP contribution < -0.4 is 10.5 Å². The molecule has 2 rings (SSSR count). The molecular formula is C13H21N3O2. The van der Waals surface area contributed by atoms with Crippen LogP contribution in [0.2, 0.25) is 0 Å². The number of rotatable bonds is 6. The molecule has 0 amide bonds. The minimum absolute atomic E-state index is 0.0370. The number of aromatic nitrogens is 2. The monoisotopic (exact) mass is 251 g/mol. The van der Waals surface area contributed by atoms with E-state index in [4.69, 9.17) is 15.2 Å². The van der Waals surface area contributed by atoms with Crippen LogP contribution in [0.25, 0.3) is 0 Å². The lowest BCUT2D eigenvalue weighted by molar-refractivity contribution is 0.0628. The van der Waals surface area contributed by atoms with Crippen molar-refractivity contribution in [2.75, 3.05) is 18.9 Å². The first-order valence-electron chi connectivity index (χ1n) is 6.50. The Morgan fingerprint density at radius 1 is 1.39 bits per heavy atom. The van der Waals surface area contributed by atoms with E-state index in [1.165, 1.54) is 0 Å². The number of nitrogen functional groups attached to an aromatic ring is 1. The highest BCUT2D eigenvalue weighted by Gasteiger charge is 2.28. The summed E-state index contributed by atoms with van der Waals surface area (Å²) in [4.78, 5) is 8.79. The molecule has 1 aliphatic carbocycles. The molecule has 100 valence electrons. The lowest BCUT2D eigenvalue weighted by Crippen LogP contribution is -2.21. The van der Waals surface area contributed by atoms with Crippen molar-refractivity contribution in [2.24, 2.45) is 0 Å². The minimum Gasteiger partial charge on any atom is -0.472 e. The molecule has 0 saturated heterocycles. The first-order valence-corrected chi connectivity index (χ1v) is 6.50. The lowest BCUT2D eigenvalue weighted by Gasteiger charge is -2.16. The van der Waals surface area contributed by atoms with Crippen molar-refractivity contribution in [3.8, 4) is 5.88 Å². The maximum atomic E-state index is 5.90. The summed E-state index contributed by atoms with van der Waals surface area (Å²) in [5.74, 6) is 2.40. The second kappa shape index (κ2) is 5.52. The van der Waals surface area contributed by atoms with E-state index in [-0.39, 0.29) is 6.10 Å².